The summed E-state index contributed by atoms with van der Waals surface area (Å²) < 4.78 is 0. The summed E-state index contributed by atoms with van der Waals surface area (Å²) in [6, 6.07) is 0. The highest BCUT2D eigenvalue weighted by atomic mass is 16.4. The summed E-state index contributed by atoms with van der Waals surface area (Å²) in [6.45, 7) is 1.71. The first-order valence-electron chi connectivity index (χ1n) is 7.33. The van der Waals surface area contributed by atoms with Crippen molar-refractivity contribution < 1.29 is 14.7 Å². The first-order chi connectivity index (χ1) is 9.16. The van der Waals surface area contributed by atoms with Crippen molar-refractivity contribution in [3.05, 3.63) is 12.2 Å². The van der Waals surface area contributed by atoms with E-state index in [1.165, 1.54) is 19.3 Å². The van der Waals surface area contributed by atoms with E-state index in [4.69, 9.17) is 0 Å². The molecule has 1 saturated heterocycles. The quantitative estimate of drug-likeness (QED) is 0.774. The predicted octanol–water partition coefficient (Wildman–Crippen LogP) is 1.91. The van der Waals surface area contributed by atoms with Crippen LogP contribution >= 0.6 is 0 Å². The van der Waals surface area contributed by atoms with Crippen LogP contribution in [0, 0.1) is 23.7 Å². The van der Waals surface area contributed by atoms with E-state index in [-0.39, 0.29) is 11.8 Å². The number of fused-ring (bicyclic) bond motifs is 1. The van der Waals surface area contributed by atoms with Gasteiger partial charge in [0.1, 0.15) is 0 Å². The van der Waals surface area contributed by atoms with Crippen LogP contribution in [0.2, 0.25) is 0 Å². The van der Waals surface area contributed by atoms with Gasteiger partial charge in [0.15, 0.2) is 0 Å². The molecule has 4 atom stereocenters. The molecule has 4 unspecified atom stereocenters. The summed E-state index contributed by atoms with van der Waals surface area (Å²) in [4.78, 5) is 25.8. The van der Waals surface area contributed by atoms with Gasteiger partial charge in [0.25, 0.3) is 0 Å². The fraction of sp³-hybridized carbons (Fsp3) is 0.733. The lowest BCUT2D eigenvalue weighted by molar-refractivity contribution is -0.150. The van der Waals surface area contributed by atoms with Gasteiger partial charge in [-0.1, -0.05) is 18.6 Å². The molecule has 2 aliphatic carbocycles. The number of carbonyl (C=O) groups excluding carboxylic acids is 1. The van der Waals surface area contributed by atoms with Crippen molar-refractivity contribution in [1.29, 1.82) is 0 Å². The van der Waals surface area contributed by atoms with Gasteiger partial charge < -0.3 is 10.0 Å². The summed E-state index contributed by atoms with van der Waals surface area (Å²) in [5.41, 5.74) is 0. The lowest BCUT2D eigenvalue weighted by Gasteiger charge is -2.29. The van der Waals surface area contributed by atoms with E-state index in [0.29, 0.717) is 24.7 Å². The summed E-state index contributed by atoms with van der Waals surface area (Å²) in [6.07, 6.45) is 8.69. The maximum absolute atomic E-state index is 12.6. The molecule has 1 amide bonds. The third kappa shape index (κ3) is 2.28. The molecule has 1 heterocycles. The van der Waals surface area contributed by atoms with Crippen molar-refractivity contribution in [2.75, 3.05) is 13.1 Å². The van der Waals surface area contributed by atoms with Crippen LogP contribution in [0.1, 0.15) is 32.1 Å². The second kappa shape index (κ2) is 4.99. The van der Waals surface area contributed by atoms with Crippen LogP contribution in [-0.2, 0) is 9.59 Å². The maximum atomic E-state index is 12.6. The Bertz CT molecular complexity index is 406. The van der Waals surface area contributed by atoms with Crippen LogP contribution in [-0.4, -0.2) is 35.0 Å². The van der Waals surface area contributed by atoms with Gasteiger partial charge in [-0.3, -0.25) is 9.59 Å². The predicted molar refractivity (Wildman–Crippen MR) is 70.4 cm³/mol. The first kappa shape index (κ1) is 12.7. The van der Waals surface area contributed by atoms with Gasteiger partial charge in [0.2, 0.25) is 5.91 Å². The number of likely N-dealkylation sites (tertiary alicyclic amines) is 1. The zero-order valence-corrected chi connectivity index (χ0v) is 11.1. The second-order valence-electron chi connectivity index (χ2n) is 6.19. The summed E-state index contributed by atoms with van der Waals surface area (Å²) in [5, 5.41) is 9.26. The van der Waals surface area contributed by atoms with Crippen molar-refractivity contribution >= 4 is 11.9 Å². The maximum Gasteiger partial charge on any atom is 0.307 e. The number of carbonyl (C=O) groups is 2. The normalized spacial score (nSPS) is 37.4. The zero-order valence-electron chi connectivity index (χ0n) is 11.1. The molecule has 4 heteroatoms. The molecule has 3 rings (SSSR count). The van der Waals surface area contributed by atoms with Crippen LogP contribution in [0.3, 0.4) is 0 Å². The van der Waals surface area contributed by atoms with Crippen LogP contribution < -0.4 is 0 Å². The molecule has 19 heavy (non-hydrogen) atoms. The average molecular weight is 263 g/mol. The molecular formula is C15H21NO3. The molecule has 1 saturated carbocycles. The molecule has 0 spiro atoms. The second-order valence-corrected chi connectivity index (χ2v) is 6.19. The van der Waals surface area contributed by atoms with E-state index in [1.807, 2.05) is 17.1 Å². The monoisotopic (exact) mass is 263 g/mol. The highest BCUT2D eigenvalue weighted by Crippen LogP contribution is 2.39. The van der Waals surface area contributed by atoms with E-state index in [9.17, 15) is 14.7 Å². The lowest BCUT2D eigenvalue weighted by atomic mass is 9.82. The Morgan fingerprint density at radius 1 is 1.00 bits per heavy atom. The Labute approximate surface area is 113 Å². The van der Waals surface area contributed by atoms with Crippen molar-refractivity contribution in [3.63, 3.8) is 0 Å². The van der Waals surface area contributed by atoms with Gasteiger partial charge in [-0.05, 0) is 37.5 Å². The van der Waals surface area contributed by atoms with Crippen LogP contribution in [0.4, 0.5) is 0 Å². The number of rotatable bonds is 2. The fourth-order valence-electron chi connectivity index (χ4n) is 4.01. The number of amides is 1. The minimum atomic E-state index is -0.831. The fourth-order valence-corrected chi connectivity index (χ4v) is 4.01. The smallest absolute Gasteiger partial charge is 0.307 e. The summed E-state index contributed by atoms with van der Waals surface area (Å²) >= 11 is 0. The Balaban J connectivity index is 1.69. The van der Waals surface area contributed by atoms with E-state index in [1.54, 1.807) is 0 Å². The molecule has 2 fully saturated rings. The van der Waals surface area contributed by atoms with Gasteiger partial charge in [-0.2, -0.15) is 0 Å². The minimum Gasteiger partial charge on any atom is -0.481 e. The molecule has 4 nitrogen and oxygen atoms in total. The van der Waals surface area contributed by atoms with Gasteiger partial charge in [0, 0.05) is 13.1 Å². The van der Waals surface area contributed by atoms with Crippen molar-refractivity contribution in [2.24, 2.45) is 23.7 Å². The summed E-state index contributed by atoms with van der Waals surface area (Å²) in [5.74, 6) is -0.287. The first-order valence-corrected chi connectivity index (χ1v) is 7.33. The van der Waals surface area contributed by atoms with Crippen molar-refractivity contribution in [3.8, 4) is 0 Å². The van der Waals surface area contributed by atoms with Crippen molar-refractivity contribution in [1.82, 2.24) is 4.90 Å². The van der Waals surface area contributed by atoms with Crippen LogP contribution in [0.15, 0.2) is 12.2 Å². The van der Waals surface area contributed by atoms with Gasteiger partial charge in [-0.25, -0.2) is 0 Å². The Hall–Kier alpha value is -1.32. The lowest BCUT2D eigenvalue weighted by Crippen LogP contribution is -2.41. The number of allylic oxidation sites excluding steroid dienone is 2. The highest BCUT2D eigenvalue weighted by Gasteiger charge is 2.42. The number of aliphatic carboxylic acids is 1. The molecule has 0 aromatic rings. The molecule has 0 radical (unpaired) electrons. The molecule has 1 aliphatic heterocycles. The standard InChI is InChI=1S/C15H21NO3/c17-14(12-6-1-2-7-13(12)15(18)19)16-8-10-4-3-5-11(10)9-16/h1-2,10-13H,3-9H2,(H,18,19). The Morgan fingerprint density at radius 3 is 2.16 bits per heavy atom. The topological polar surface area (TPSA) is 57.6 Å². The number of hydrogen-bond acceptors (Lipinski definition) is 2. The van der Waals surface area contributed by atoms with Crippen LogP contribution in [0.5, 0.6) is 0 Å². The largest absolute Gasteiger partial charge is 0.481 e. The highest BCUT2D eigenvalue weighted by molar-refractivity contribution is 5.85. The number of nitrogens with zero attached hydrogens (tertiary/aromatic N) is 1. The third-order valence-electron chi connectivity index (χ3n) is 5.10. The van der Waals surface area contributed by atoms with Gasteiger partial charge in [-0.15, -0.1) is 0 Å². The number of carboxylic acid groups (broad SMARTS) is 1. The number of hydrogen-bond donors (Lipinski definition) is 1. The Morgan fingerprint density at radius 2 is 1.58 bits per heavy atom. The molecule has 0 aromatic heterocycles. The van der Waals surface area contributed by atoms with E-state index < -0.39 is 11.9 Å². The Kier molecular flexibility index (Phi) is 3.33. The molecule has 0 aromatic carbocycles. The molecule has 0 bridgehead atoms. The van der Waals surface area contributed by atoms with E-state index >= 15 is 0 Å². The molecule has 104 valence electrons. The number of carboxylic acids is 1. The van der Waals surface area contributed by atoms with E-state index in [0.717, 1.165) is 13.1 Å². The third-order valence-corrected chi connectivity index (χ3v) is 5.10. The summed E-state index contributed by atoms with van der Waals surface area (Å²) in [7, 11) is 0. The van der Waals surface area contributed by atoms with Crippen molar-refractivity contribution in [2.45, 2.75) is 32.1 Å². The minimum absolute atomic E-state index is 0.0751. The van der Waals surface area contributed by atoms with Gasteiger partial charge >= 0.3 is 5.97 Å². The SMILES string of the molecule is O=C(O)C1CC=CCC1C(=O)N1CC2CCCC2C1. The van der Waals surface area contributed by atoms with Gasteiger partial charge in [0.05, 0.1) is 11.8 Å². The van der Waals surface area contributed by atoms with E-state index in [2.05, 4.69) is 0 Å². The molecular weight excluding hydrogens is 242 g/mol. The molecule has 1 N–H and O–H groups in total. The average Bonchev–Trinajstić information content (AvgIpc) is 2.98. The van der Waals surface area contributed by atoms with Crippen LogP contribution in [0.25, 0.3) is 0 Å². The zero-order chi connectivity index (χ0) is 13.4. The molecule has 3 aliphatic rings.